The van der Waals surface area contributed by atoms with Crippen molar-refractivity contribution in [2.24, 2.45) is 0 Å². The van der Waals surface area contributed by atoms with E-state index < -0.39 is 17.9 Å². The van der Waals surface area contributed by atoms with Crippen molar-refractivity contribution in [1.29, 1.82) is 0 Å². The molecular weight excluding hydrogens is 264 g/mol. The zero-order chi connectivity index (χ0) is 14.5. The molecule has 2 aliphatic rings. The molecule has 0 aliphatic carbocycles. The van der Waals surface area contributed by atoms with Crippen molar-refractivity contribution in [1.82, 2.24) is 20.4 Å². The molecule has 2 fully saturated rings. The van der Waals surface area contributed by atoms with E-state index in [2.05, 4.69) is 10.6 Å². The summed E-state index contributed by atoms with van der Waals surface area (Å²) in [6.07, 6.45) is 0. The number of carbonyl (C=O) groups excluding carboxylic acids is 3. The third-order valence-electron chi connectivity index (χ3n) is 3.53. The van der Waals surface area contributed by atoms with Crippen LogP contribution in [0.1, 0.15) is 0 Å². The Morgan fingerprint density at radius 3 is 2.50 bits per heavy atom. The quantitative estimate of drug-likeness (QED) is 0.515. The number of morpholine rings is 1. The molecule has 1 unspecified atom stereocenters. The van der Waals surface area contributed by atoms with Gasteiger partial charge in [-0.2, -0.15) is 0 Å². The molecule has 0 aromatic carbocycles. The summed E-state index contributed by atoms with van der Waals surface area (Å²) >= 11 is 0. The van der Waals surface area contributed by atoms with Gasteiger partial charge in [0.05, 0.1) is 13.2 Å². The number of nitrogens with zero attached hydrogens (tertiary/aromatic N) is 2. The van der Waals surface area contributed by atoms with E-state index in [0.29, 0.717) is 32.8 Å². The Bertz CT molecular complexity index is 395. The number of piperazine rings is 1. The van der Waals surface area contributed by atoms with E-state index in [1.54, 1.807) is 0 Å². The predicted octanol–water partition coefficient (Wildman–Crippen LogP) is -2.61. The minimum atomic E-state index is -0.729. The lowest BCUT2D eigenvalue weighted by Gasteiger charge is -2.35. The highest BCUT2D eigenvalue weighted by atomic mass is 16.5. The number of nitrogens with one attached hydrogen (secondary N) is 2. The number of hydrogen-bond donors (Lipinski definition) is 2. The Balaban J connectivity index is 2.04. The summed E-state index contributed by atoms with van der Waals surface area (Å²) in [7, 11) is 1.50. The number of carbonyl (C=O) groups is 3. The first-order valence-corrected chi connectivity index (χ1v) is 6.75. The van der Waals surface area contributed by atoms with Gasteiger partial charge in [-0.3, -0.25) is 14.4 Å². The van der Waals surface area contributed by atoms with Crippen LogP contribution in [0.4, 0.5) is 0 Å². The van der Waals surface area contributed by atoms with Crippen molar-refractivity contribution in [2.75, 3.05) is 53.0 Å². The van der Waals surface area contributed by atoms with Gasteiger partial charge in [-0.15, -0.1) is 0 Å². The molecule has 0 aromatic rings. The van der Waals surface area contributed by atoms with Crippen molar-refractivity contribution in [3.05, 3.63) is 0 Å². The second kappa shape index (κ2) is 6.67. The largest absolute Gasteiger partial charge is 0.377 e. The summed E-state index contributed by atoms with van der Waals surface area (Å²) in [6.45, 7) is 3.12. The summed E-state index contributed by atoms with van der Waals surface area (Å²) < 4.78 is 5.22. The lowest BCUT2D eigenvalue weighted by Crippen LogP contribution is -2.60. The molecule has 3 amide bonds. The van der Waals surface area contributed by atoms with Gasteiger partial charge >= 0.3 is 11.8 Å². The smallest absolute Gasteiger partial charge is 0.312 e. The van der Waals surface area contributed by atoms with E-state index in [-0.39, 0.29) is 19.1 Å². The first-order chi connectivity index (χ1) is 9.65. The average Bonchev–Trinajstić information content (AvgIpc) is 2.53. The van der Waals surface area contributed by atoms with Crippen LogP contribution < -0.4 is 10.6 Å². The van der Waals surface area contributed by atoms with E-state index in [1.165, 1.54) is 16.8 Å². The number of likely N-dealkylation sites (N-methyl/N-ethyl adjacent to an activating group) is 1. The van der Waals surface area contributed by atoms with Crippen LogP contribution in [0.5, 0.6) is 0 Å². The maximum Gasteiger partial charge on any atom is 0.312 e. The fourth-order valence-electron chi connectivity index (χ4n) is 2.36. The van der Waals surface area contributed by atoms with Gasteiger partial charge < -0.3 is 25.2 Å². The Labute approximate surface area is 117 Å². The minimum Gasteiger partial charge on any atom is -0.377 e. The monoisotopic (exact) mass is 284 g/mol. The Morgan fingerprint density at radius 2 is 1.85 bits per heavy atom. The lowest BCUT2D eigenvalue weighted by molar-refractivity contribution is -0.159. The normalized spacial score (nSPS) is 23.4. The Hall–Kier alpha value is -1.67. The van der Waals surface area contributed by atoms with Crippen molar-refractivity contribution in [2.45, 2.75) is 6.04 Å². The molecule has 8 nitrogen and oxygen atoms in total. The molecule has 2 N–H and O–H groups in total. The van der Waals surface area contributed by atoms with Crippen molar-refractivity contribution in [3.63, 3.8) is 0 Å². The molecule has 0 spiro atoms. The SMILES string of the molecule is CNC(=O)C1COCCN1C(=O)C(=O)N1CCNCC1. The number of amides is 3. The van der Waals surface area contributed by atoms with Gasteiger partial charge in [-0.1, -0.05) is 0 Å². The zero-order valence-electron chi connectivity index (χ0n) is 11.6. The first-order valence-electron chi connectivity index (χ1n) is 6.75. The molecule has 2 rings (SSSR count). The third-order valence-corrected chi connectivity index (χ3v) is 3.53. The van der Waals surface area contributed by atoms with Crippen LogP contribution in [-0.4, -0.2) is 86.5 Å². The number of rotatable bonds is 1. The molecule has 112 valence electrons. The van der Waals surface area contributed by atoms with Gasteiger partial charge in [0.1, 0.15) is 6.04 Å². The summed E-state index contributed by atoms with van der Waals surface area (Å²) in [6, 6.07) is -0.729. The van der Waals surface area contributed by atoms with E-state index in [9.17, 15) is 14.4 Å². The molecule has 0 aromatic heterocycles. The molecule has 2 aliphatic heterocycles. The van der Waals surface area contributed by atoms with Crippen LogP contribution in [0.25, 0.3) is 0 Å². The second-order valence-corrected chi connectivity index (χ2v) is 4.75. The van der Waals surface area contributed by atoms with Crippen LogP contribution in [0.2, 0.25) is 0 Å². The molecule has 1 atom stereocenters. The number of ether oxygens (including phenoxy) is 1. The van der Waals surface area contributed by atoms with Crippen LogP contribution in [-0.2, 0) is 19.1 Å². The van der Waals surface area contributed by atoms with E-state index in [1.807, 2.05) is 0 Å². The van der Waals surface area contributed by atoms with Gasteiger partial charge in [-0.05, 0) is 0 Å². The summed E-state index contributed by atoms with van der Waals surface area (Å²) in [5, 5.41) is 5.61. The molecule has 0 radical (unpaired) electrons. The molecule has 0 saturated carbocycles. The number of hydrogen-bond acceptors (Lipinski definition) is 5. The Morgan fingerprint density at radius 1 is 1.15 bits per heavy atom. The maximum atomic E-state index is 12.3. The highest BCUT2D eigenvalue weighted by Crippen LogP contribution is 2.09. The molecule has 2 saturated heterocycles. The third kappa shape index (κ3) is 3.07. The van der Waals surface area contributed by atoms with Gasteiger partial charge in [0.2, 0.25) is 5.91 Å². The second-order valence-electron chi connectivity index (χ2n) is 4.75. The first kappa shape index (κ1) is 14.7. The molecule has 8 heteroatoms. The zero-order valence-corrected chi connectivity index (χ0v) is 11.6. The van der Waals surface area contributed by atoms with E-state index >= 15 is 0 Å². The van der Waals surface area contributed by atoms with Crippen LogP contribution in [0, 0.1) is 0 Å². The fraction of sp³-hybridized carbons (Fsp3) is 0.750. The fourth-order valence-corrected chi connectivity index (χ4v) is 2.36. The van der Waals surface area contributed by atoms with Crippen molar-refractivity contribution < 1.29 is 19.1 Å². The molecule has 0 bridgehead atoms. The summed E-state index contributed by atoms with van der Waals surface area (Å²) in [5.41, 5.74) is 0. The minimum absolute atomic E-state index is 0.125. The predicted molar refractivity (Wildman–Crippen MR) is 69.8 cm³/mol. The highest BCUT2D eigenvalue weighted by molar-refractivity contribution is 6.35. The standard InChI is InChI=1S/C12H20N4O4/c1-13-10(17)9-8-20-7-6-16(9)12(19)11(18)15-4-2-14-3-5-15/h9,14H,2-8H2,1H3,(H,13,17). The summed E-state index contributed by atoms with van der Waals surface area (Å²) in [5.74, 6) is -1.47. The van der Waals surface area contributed by atoms with Crippen molar-refractivity contribution in [3.8, 4) is 0 Å². The molecule has 2 heterocycles. The lowest BCUT2D eigenvalue weighted by atomic mass is 10.2. The van der Waals surface area contributed by atoms with Crippen LogP contribution in [0.15, 0.2) is 0 Å². The van der Waals surface area contributed by atoms with Gasteiger partial charge in [0, 0.05) is 39.8 Å². The topological polar surface area (TPSA) is 91.0 Å². The maximum absolute atomic E-state index is 12.3. The highest BCUT2D eigenvalue weighted by Gasteiger charge is 2.37. The van der Waals surface area contributed by atoms with Crippen LogP contribution in [0.3, 0.4) is 0 Å². The molecule has 20 heavy (non-hydrogen) atoms. The van der Waals surface area contributed by atoms with Gasteiger partial charge in [0.15, 0.2) is 0 Å². The van der Waals surface area contributed by atoms with Gasteiger partial charge in [-0.25, -0.2) is 0 Å². The van der Waals surface area contributed by atoms with Crippen molar-refractivity contribution >= 4 is 17.7 Å². The van der Waals surface area contributed by atoms with E-state index in [0.717, 1.165) is 0 Å². The summed E-state index contributed by atoms with van der Waals surface area (Å²) in [4.78, 5) is 39.1. The molecular formula is C12H20N4O4. The van der Waals surface area contributed by atoms with E-state index in [4.69, 9.17) is 4.74 Å². The van der Waals surface area contributed by atoms with Crippen LogP contribution >= 0.6 is 0 Å². The van der Waals surface area contributed by atoms with Gasteiger partial charge in [0.25, 0.3) is 0 Å². The Kier molecular flexibility index (Phi) is 4.91. The average molecular weight is 284 g/mol.